The third-order valence-electron chi connectivity index (χ3n) is 4.53. The number of methoxy groups -OCH3 is 1. The molecule has 6 heteroatoms. The fraction of sp³-hybridized carbons (Fsp3) is 0.0833. The summed E-state index contributed by atoms with van der Waals surface area (Å²) < 4.78 is 16.3. The second-order valence-electron chi connectivity index (χ2n) is 6.57. The van der Waals surface area contributed by atoms with Crippen molar-refractivity contribution in [2.75, 3.05) is 12.4 Å². The Labute approximate surface area is 173 Å². The summed E-state index contributed by atoms with van der Waals surface area (Å²) in [6.45, 7) is 0. The lowest BCUT2D eigenvalue weighted by Gasteiger charge is -2.17. The molecule has 0 spiro atoms. The van der Waals surface area contributed by atoms with Gasteiger partial charge in [0.15, 0.2) is 0 Å². The Kier molecular flexibility index (Phi) is 5.48. The van der Waals surface area contributed by atoms with Crippen LogP contribution in [-0.2, 0) is 9.53 Å². The molecule has 1 aromatic heterocycles. The number of anilines is 1. The van der Waals surface area contributed by atoms with E-state index in [1.54, 1.807) is 67.8 Å². The summed E-state index contributed by atoms with van der Waals surface area (Å²) >= 11 is 0. The molecule has 1 amide bonds. The summed E-state index contributed by atoms with van der Waals surface area (Å²) in [5.41, 5.74) is 1.64. The van der Waals surface area contributed by atoms with Gasteiger partial charge in [0.25, 0.3) is 5.91 Å². The highest BCUT2D eigenvalue weighted by molar-refractivity contribution is 5.98. The topological polar surface area (TPSA) is 77.8 Å². The summed E-state index contributed by atoms with van der Waals surface area (Å²) in [6.07, 6.45) is -1.15. The average molecular weight is 401 g/mol. The highest BCUT2D eigenvalue weighted by Crippen LogP contribution is 2.25. The normalized spacial score (nSPS) is 11.6. The zero-order chi connectivity index (χ0) is 20.9. The summed E-state index contributed by atoms with van der Waals surface area (Å²) in [5, 5.41) is 3.55. The Morgan fingerprint density at radius 2 is 1.67 bits per heavy atom. The van der Waals surface area contributed by atoms with E-state index in [9.17, 15) is 9.59 Å². The number of carbonyl (C=O) groups is 2. The van der Waals surface area contributed by atoms with Crippen LogP contribution in [0.4, 0.5) is 5.69 Å². The van der Waals surface area contributed by atoms with Crippen LogP contribution < -0.4 is 10.1 Å². The number of carbonyl (C=O) groups excluding carboxylic acids is 2. The minimum atomic E-state index is -1.15. The minimum absolute atomic E-state index is 0.0336. The lowest BCUT2D eigenvalue weighted by atomic mass is 10.1. The average Bonchev–Trinajstić information content (AvgIpc) is 3.22. The number of amides is 1. The smallest absolute Gasteiger partial charge is 0.375 e. The van der Waals surface area contributed by atoms with Gasteiger partial charge in [0.1, 0.15) is 11.3 Å². The number of para-hydroxylation sites is 1. The third kappa shape index (κ3) is 4.17. The van der Waals surface area contributed by atoms with Gasteiger partial charge < -0.3 is 19.2 Å². The molecular formula is C24H19NO5. The third-order valence-corrected chi connectivity index (χ3v) is 4.53. The molecule has 6 nitrogen and oxygen atoms in total. The molecule has 1 unspecified atom stereocenters. The van der Waals surface area contributed by atoms with Crippen molar-refractivity contribution >= 4 is 28.5 Å². The molecule has 1 N–H and O–H groups in total. The van der Waals surface area contributed by atoms with Crippen molar-refractivity contribution in [1.82, 2.24) is 0 Å². The summed E-state index contributed by atoms with van der Waals surface area (Å²) in [5.74, 6) is -0.575. The van der Waals surface area contributed by atoms with Crippen LogP contribution in [0, 0.1) is 0 Å². The van der Waals surface area contributed by atoms with E-state index in [1.807, 2.05) is 24.3 Å². The molecule has 4 rings (SSSR count). The van der Waals surface area contributed by atoms with Gasteiger partial charge in [-0.3, -0.25) is 4.79 Å². The van der Waals surface area contributed by atoms with E-state index < -0.39 is 18.0 Å². The van der Waals surface area contributed by atoms with Crippen molar-refractivity contribution < 1.29 is 23.5 Å². The Balaban J connectivity index is 1.59. The predicted octanol–water partition coefficient (Wildman–Crippen LogP) is 4.98. The molecule has 0 saturated carbocycles. The molecule has 30 heavy (non-hydrogen) atoms. The molecule has 3 aromatic carbocycles. The number of furan rings is 1. The first kappa shape index (κ1) is 19.3. The Morgan fingerprint density at radius 1 is 0.900 bits per heavy atom. The lowest BCUT2D eigenvalue weighted by molar-refractivity contribution is -0.125. The molecule has 1 atom stereocenters. The molecule has 0 aliphatic heterocycles. The van der Waals surface area contributed by atoms with Crippen molar-refractivity contribution in [2.24, 2.45) is 0 Å². The number of ether oxygens (including phenoxy) is 2. The van der Waals surface area contributed by atoms with Crippen LogP contribution in [0.1, 0.15) is 22.2 Å². The molecule has 0 aliphatic rings. The van der Waals surface area contributed by atoms with E-state index in [0.29, 0.717) is 22.6 Å². The number of hydrogen-bond donors (Lipinski definition) is 1. The zero-order valence-corrected chi connectivity index (χ0v) is 16.2. The molecule has 4 aromatic rings. The van der Waals surface area contributed by atoms with Crippen LogP contribution in [0.15, 0.2) is 89.3 Å². The van der Waals surface area contributed by atoms with Crippen LogP contribution in [-0.4, -0.2) is 19.0 Å². The summed E-state index contributed by atoms with van der Waals surface area (Å²) in [4.78, 5) is 25.7. The van der Waals surface area contributed by atoms with Crippen molar-refractivity contribution in [3.05, 3.63) is 96.3 Å². The zero-order valence-electron chi connectivity index (χ0n) is 16.2. The molecular weight excluding hydrogens is 382 g/mol. The monoisotopic (exact) mass is 401 g/mol. The van der Waals surface area contributed by atoms with Gasteiger partial charge in [-0.25, -0.2) is 4.79 Å². The molecule has 0 bridgehead atoms. The Hall–Kier alpha value is -4.06. The van der Waals surface area contributed by atoms with E-state index in [1.165, 1.54) is 0 Å². The summed E-state index contributed by atoms with van der Waals surface area (Å²) in [7, 11) is 1.54. The number of fused-ring (bicyclic) bond motifs is 1. The Bertz CT molecular complexity index is 1150. The maximum Gasteiger partial charge on any atom is 0.375 e. The van der Waals surface area contributed by atoms with Gasteiger partial charge in [-0.15, -0.1) is 0 Å². The Morgan fingerprint density at radius 3 is 2.43 bits per heavy atom. The van der Waals surface area contributed by atoms with Crippen molar-refractivity contribution in [3.63, 3.8) is 0 Å². The fourth-order valence-electron chi connectivity index (χ4n) is 3.06. The molecule has 0 radical (unpaired) electrons. The number of benzene rings is 3. The van der Waals surface area contributed by atoms with E-state index in [0.717, 1.165) is 5.39 Å². The van der Waals surface area contributed by atoms with Gasteiger partial charge in [0.05, 0.1) is 7.11 Å². The van der Waals surface area contributed by atoms with Gasteiger partial charge in [-0.2, -0.15) is 0 Å². The quantitative estimate of drug-likeness (QED) is 0.461. The van der Waals surface area contributed by atoms with Gasteiger partial charge in [0, 0.05) is 22.7 Å². The number of rotatable bonds is 6. The van der Waals surface area contributed by atoms with Crippen LogP contribution >= 0.6 is 0 Å². The number of nitrogens with one attached hydrogen (secondary N) is 1. The molecule has 0 fully saturated rings. The van der Waals surface area contributed by atoms with Gasteiger partial charge >= 0.3 is 5.97 Å². The van der Waals surface area contributed by atoms with Gasteiger partial charge in [-0.1, -0.05) is 54.6 Å². The standard InChI is InChI=1S/C24H19NO5/c1-28-19-12-7-11-18(15-19)25-23(26)22(16-8-3-2-4-9-16)30-24(27)21-14-17-10-5-6-13-20(17)29-21/h2-15,22H,1H3,(H,25,26). The minimum Gasteiger partial charge on any atom is -0.497 e. The number of esters is 1. The highest BCUT2D eigenvalue weighted by Gasteiger charge is 2.27. The van der Waals surface area contributed by atoms with Gasteiger partial charge in [-0.05, 0) is 24.3 Å². The highest BCUT2D eigenvalue weighted by atomic mass is 16.6. The summed E-state index contributed by atoms with van der Waals surface area (Å²) in [6, 6.07) is 24.6. The number of hydrogen-bond acceptors (Lipinski definition) is 5. The molecule has 150 valence electrons. The van der Waals surface area contributed by atoms with Crippen LogP contribution in [0.5, 0.6) is 5.75 Å². The fourth-order valence-corrected chi connectivity index (χ4v) is 3.06. The maximum atomic E-state index is 13.0. The van der Waals surface area contributed by atoms with E-state index in [2.05, 4.69) is 5.32 Å². The molecule has 0 saturated heterocycles. The van der Waals surface area contributed by atoms with Crippen molar-refractivity contribution in [1.29, 1.82) is 0 Å². The second-order valence-corrected chi connectivity index (χ2v) is 6.57. The van der Waals surface area contributed by atoms with E-state index >= 15 is 0 Å². The second kappa shape index (κ2) is 8.53. The first-order valence-corrected chi connectivity index (χ1v) is 9.33. The maximum absolute atomic E-state index is 13.0. The van der Waals surface area contributed by atoms with Gasteiger partial charge in [0.2, 0.25) is 11.9 Å². The lowest BCUT2D eigenvalue weighted by Crippen LogP contribution is -2.25. The van der Waals surface area contributed by atoms with E-state index in [-0.39, 0.29) is 5.76 Å². The van der Waals surface area contributed by atoms with Crippen LogP contribution in [0.3, 0.4) is 0 Å². The first-order valence-electron chi connectivity index (χ1n) is 9.33. The van der Waals surface area contributed by atoms with Crippen molar-refractivity contribution in [3.8, 4) is 5.75 Å². The SMILES string of the molecule is COc1cccc(NC(=O)C(OC(=O)c2cc3ccccc3o2)c2ccccc2)c1. The van der Waals surface area contributed by atoms with Crippen LogP contribution in [0.2, 0.25) is 0 Å². The predicted molar refractivity (Wildman–Crippen MR) is 112 cm³/mol. The molecule has 0 aliphatic carbocycles. The van der Waals surface area contributed by atoms with E-state index in [4.69, 9.17) is 13.9 Å². The largest absolute Gasteiger partial charge is 0.497 e. The first-order chi connectivity index (χ1) is 14.6. The molecule has 1 heterocycles. The van der Waals surface area contributed by atoms with Crippen molar-refractivity contribution in [2.45, 2.75) is 6.10 Å². The van der Waals surface area contributed by atoms with Crippen LogP contribution in [0.25, 0.3) is 11.0 Å².